The Bertz CT molecular complexity index is 347. The van der Waals surface area contributed by atoms with E-state index >= 15 is 0 Å². The molecule has 0 fully saturated rings. The minimum absolute atomic E-state index is 0.572. The fourth-order valence-corrected chi connectivity index (χ4v) is 2.01. The number of nitrogens with zero attached hydrogens (tertiary/aromatic N) is 2. The maximum absolute atomic E-state index is 4.31. The van der Waals surface area contributed by atoms with Crippen molar-refractivity contribution in [1.82, 2.24) is 9.88 Å². The highest BCUT2D eigenvalue weighted by molar-refractivity contribution is 5.37. The molecule has 0 aliphatic carbocycles. The van der Waals surface area contributed by atoms with E-state index in [0.29, 0.717) is 12.0 Å². The van der Waals surface area contributed by atoms with E-state index in [4.69, 9.17) is 0 Å². The van der Waals surface area contributed by atoms with E-state index in [0.717, 1.165) is 25.5 Å². The maximum Gasteiger partial charge on any atom is 0.126 e. The van der Waals surface area contributed by atoms with Gasteiger partial charge in [-0.25, -0.2) is 4.98 Å². The highest BCUT2D eigenvalue weighted by Gasteiger charge is 2.12. The molecule has 0 bridgehead atoms. The first-order valence-electron chi connectivity index (χ1n) is 6.95. The second kappa shape index (κ2) is 7.37. The smallest absolute Gasteiger partial charge is 0.126 e. The molecular formula is C15H27N3. The van der Waals surface area contributed by atoms with Gasteiger partial charge in [-0.3, -0.25) is 4.90 Å². The zero-order valence-electron chi connectivity index (χ0n) is 12.4. The van der Waals surface area contributed by atoms with Crippen molar-refractivity contribution in [2.75, 3.05) is 18.4 Å². The van der Waals surface area contributed by atoms with Crippen molar-refractivity contribution < 1.29 is 0 Å². The van der Waals surface area contributed by atoms with Gasteiger partial charge in [-0.1, -0.05) is 13.8 Å². The molecule has 0 atom stereocenters. The topological polar surface area (TPSA) is 28.2 Å². The van der Waals surface area contributed by atoms with Gasteiger partial charge in [-0.05, 0) is 44.4 Å². The number of pyridine rings is 1. The lowest BCUT2D eigenvalue weighted by Crippen LogP contribution is -2.33. The third-order valence-corrected chi connectivity index (χ3v) is 2.90. The van der Waals surface area contributed by atoms with Crippen LogP contribution < -0.4 is 5.32 Å². The Morgan fingerprint density at radius 2 is 2.00 bits per heavy atom. The van der Waals surface area contributed by atoms with Gasteiger partial charge in [0.05, 0.1) is 0 Å². The summed E-state index contributed by atoms with van der Waals surface area (Å²) in [6.07, 6.45) is 1.89. The molecule has 3 nitrogen and oxygen atoms in total. The van der Waals surface area contributed by atoms with Crippen LogP contribution in [0.4, 0.5) is 5.82 Å². The molecule has 0 aromatic carbocycles. The van der Waals surface area contributed by atoms with Crippen molar-refractivity contribution in [2.24, 2.45) is 5.92 Å². The standard InChI is InChI=1S/C15H27N3/c1-6-16-15-9-14(7-8-17-15)11-18(13(4)5)10-12(2)3/h7-9,12-13H,6,10-11H2,1-5H3,(H,16,17). The molecule has 0 aliphatic heterocycles. The molecule has 1 heterocycles. The van der Waals surface area contributed by atoms with Crippen molar-refractivity contribution >= 4 is 5.82 Å². The van der Waals surface area contributed by atoms with Crippen molar-refractivity contribution in [2.45, 2.75) is 47.2 Å². The third-order valence-electron chi connectivity index (χ3n) is 2.90. The average Bonchev–Trinajstić information content (AvgIpc) is 2.28. The van der Waals surface area contributed by atoms with Crippen LogP contribution >= 0.6 is 0 Å². The van der Waals surface area contributed by atoms with Gasteiger partial charge in [-0.2, -0.15) is 0 Å². The van der Waals surface area contributed by atoms with E-state index in [2.05, 4.69) is 62.0 Å². The van der Waals surface area contributed by atoms with Crippen molar-refractivity contribution in [1.29, 1.82) is 0 Å². The Labute approximate surface area is 112 Å². The van der Waals surface area contributed by atoms with Gasteiger partial charge in [-0.15, -0.1) is 0 Å². The van der Waals surface area contributed by atoms with Gasteiger partial charge >= 0.3 is 0 Å². The van der Waals surface area contributed by atoms with Crippen LogP contribution in [-0.2, 0) is 6.54 Å². The van der Waals surface area contributed by atoms with Gasteiger partial charge in [0.2, 0.25) is 0 Å². The number of hydrogen-bond acceptors (Lipinski definition) is 3. The summed E-state index contributed by atoms with van der Waals surface area (Å²) < 4.78 is 0. The third kappa shape index (κ3) is 5.05. The van der Waals surface area contributed by atoms with Crippen LogP contribution in [0.1, 0.15) is 40.2 Å². The van der Waals surface area contributed by atoms with E-state index in [1.54, 1.807) is 0 Å². The van der Waals surface area contributed by atoms with Gasteiger partial charge in [0.1, 0.15) is 5.82 Å². The summed E-state index contributed by atoms with van der Waals surface area (Å²) in [6, 6.07) is 4.83. The SMILES string of the molecule is CCNc1cc(CN(CC(C)C)C(C)C)ccn1. The predicted octanol–water partition coefficient (Wildman–Crippen LogP) is 3.38. The van der Waals surface area contributed by atoms with Crippen LogP contribution in [0.3, 0.4) is 0 Å². The molecule has 0 saturated heterocycles. The Kier molecular flexibility index (Phi) is 6.13. The first-order valence-corrected chi connectivity index (χ1v) is 6.95. The first-order chi connectivity index (χ1) is 8.52. The summed E-state index contributed by atoms with van der Waals surface area (Å²) in [5.41, 5.74) is 1.33. The van der Waals surface area contributed by atoms with Crippen molar-refractivity contribution in [3.05, 3.63) is 23.9 Å². The van der Waals surface area contributed by atoms with E-state index < -0.39 is 0 Å². The summed E-state index contributed by atoms with van der Waals surface area (Å²) in [6.45, 7) is 14.2. The zero-order chi connectivity index (χ0) is 13.5. The lowest BCUT2D eigenvalue weighted by atomic mass is 10.1. The number of anilines is 1. The molecule has 0 aliphatic rings. The minimum Gasteiger partial charge on any atom is -0.370 e. The van der Waals surface area contributed by atoms with Gasteiger partial charge < -0.3 is 5.32 Å². The Morgan fingerprint density at radius 3 is 2.56 bits per heavy atom. The first kappa shape index (κ1) is 15.0. The molecule has 1 rings (SSSR count). The van der Waals surface area contributed by atoms with Gasteiger partial charge in [0.15, 0.2) is 0 Å². The molecule has 0 unspecified atom stereocenters. The maximum atomic E-state index is 4.31. The lowest BCUT2D eigenvalue weighted by Gasteiger charge is -2.28. The Balaban J connectivity index is 2.70. The van der Waals surface area contributed by atoms with Crippen LogP contribution in [0, 0.1) is 5.92 Å². The molecule has 0 radical (unpaired) electrons. The Hall–Kier alpha value is -1.09. The van der Waals surface area contributed by atoms with Crippen LogP contribution in [0.5, 0.6) is 0 Å². The number of nitrogens with one attached hydrogen (secondary N) is 1. The van der Waals surface area contributed by atoms with Gasteiger partial charge in [0.25, 0.3) is 0 Å². The summed E-state index contributed by atoms with van der Waals surface area (Å²) in [7, 11) is 0. The molecule has 0 amide bonds. The fourth-order valence-electron chi connectivity index (χ4n) is 2.01. The predicted molar refractivity (Wildman–Crippen MR) is 78.8 cm³/mol. The molecule has 0 saturated carbocycles. The van der Waals surface area contributed by atoms with Crippen LogP contribution in [0.25, 0.3) is 0 Å². The zero-order valence-corrected chi connectivity index (χ0v) is 12.4. The van der Waals surface area contributed by atoms with Crippen LogP contribution in [-0.4, -0.2) is 29.0 Å². The minimum atomic E-state index is 0.572. The second-order valence-corrected chi connectivity index (χ2v) is 5.50. The van der Waals surface area contributed by atoms with Crippen LogP contribution in [0.15, 0.2) is 18.3 Å². The molecule has 1 N–H and O–H groups in total. The van der Waals surface area contributed by atoms with E-state index in [-0.39, 0.29) is 0 Å². The Morgan fingerprint density at radius 1 is 1.28 bits per heavy atom. The highest BCUT2D eigenvalue weighted by Crippen LogP contribution is 2.13. The summed E-state index contributed by atoms with van der Waals surface area (Å²) in [4.78, 5) is 6.82. The summed E-state index contributed by atoms with van der Waals surface area (Å²) in [5.74, 6) is 1.67. The average molecular weight is 249 g/mol. The number of hydrogen-bond donors (Lipinski definition) is 1. The quantitative estimate of drug-likeness (QED) is 0.803. The van der Waals surface area contributed by atoms with E-state index in [1.165, 1.54) is 5.56 Å². The molecule has 1 aromatic heterocycles. The monoisotopic (exact) mass is 249 g/mol. The fraction of sp³-hybridized carbons (Fsp3) is 0.667. The lowest BCUT2D eigenvalue weighted by molar-refractivity contribution is 0.189. The highest BCUT2D eigenvalue weighted by atomic mass is 15.1. The van der Waals surface area contributed by atoms with E-state index in [1.807, 2.05) is 6.20 Å². The van der Waals surface area contributed by atoms with Crippen molar-refractivity contribution in [3.8, 4) is 0 Å². The molecular weight excluding hydrogens is 222 g/mol. The molecule has 3 heteroatoms. The number of rotatable bonds is 7. The molecule has 1 aromatic rings. The van der Waals surface area contributed by atoms with Crippen molar-refractivity contribution in [3.63, 3.8) is 0 Å². The summed E-state index contributed by atoms with van der Waals surface area (Å²) in [5, 5.41) is 3.26. The largest absolute Gasteiger partial charge is 0.370 e. The van der Waals surface area contributed by atoms with E-state index in [9.17, 15) is 0 Å². The van der Waals surface area contributed by atoms with Gasteiger partial charge in [0, 0.05) is 31.9 Å². The normalized spacial score (nSPS) is 11.6. The molecule has 0 spiro atoms. The number of aromatic nitrogens is 1. The molecule has 102 valence electrons. The second-order valence-electron chi connectivity index (χ2n) is 5.50. The van der Waals surface area contributed by atoms with Crippen LogP contribution in [0.2, 0.25) is 0 Å². The molecule has 18 heavy (non-hydrogen) atoms. The summed E-state index contributed by atoms with van der Waals surface area (Å²) >= 11 is 0.